The largest absolute Gasteiger partial charge is 0.494 e. The predicted molar refractivity (Wildman–Crippen MR) is 130 cm³/mol. The monoisotopic (exact) mass is 481 g/mol. The number of primary amides is 1. The summed E-state index contributed by atoms with van der Waals surface area (Å²) in [6.45, 7) is 1.29. The Hall–Kier alpha value is -3.03. The molecule has 1 aliphatic heterocycles. The number of hydrogen-bond acceptors (Lipinski definition) is 4. The minimum Gasteiger partial charge on any atom is -0.494 e. The molecule has 0 aliphatic carbocycles. The highest BCUT2D eigenvalue weighted by molar-refractivity contribution is 7.87. The number of halogens is 1. The van der Waals surface area contributed by atoms with Gasteiger partial charge in [0.2, 0.25) is 5.91 Å². The molecule has 7 heteroatoms. The van der Waals surface area contributed by atoms with Crippen LogP contribution in [0.1, 0.15) is 24.8 Å². The number of carbonyl (C=O) groups excluding carboxylic acids is 1. The Kier molecular flexibility index (Phi) is 7.75. The van der Waals surface area contributed by atoms with Gasteiger partial charge in [0, 0.05) is 18.1 Å². The van der Waals surface area contributed by atoms with Crippen LogP contribution >= 0.6 is 0 Å². The van der Waals surface area contributed by atoms with Crippen LogP contribution in [0.3, 0.4) is 0 Å². The van der Waals surface area contributed by atoms with E-state index >= 15 is 0 Å². The standard InChI is InChI=1S/C27H28FNO4S/c28-23-8-6-21(7-9-23)22-5-1-3-20(19-22)4-2-16-33-24-10-12-25(13-11-24)34(31)27(26(29)30)14-17-32-18-15-27/h1,3,5-13,19H,2,4,14-18H2,(H2,29,30). The summed E-state index contributed by atoms with van der Waals surface area (Å²) in [5.41, 5.74) is 8.84. The van der Waals surface area contributed by atoms with Crippen LogP contribution in [0.5, 0.6) is 5.75 Å². The molecule has 1 unspecified atom stereocenters. The predicted octanol–water partition coefficient (Wildman–Crippen LogP) is 4.65. The number of rotatable bonds is 9. The minimum atomic E-state index is -1.55. The van der Waals surface area contributed by atoms with Gasteiger partial charge in [-0.3, -0.25) is 9.00 Å². The summed E-state index contributed by atoms with van der Waals surface area (Å²) in [5, 5.41) is 0. The summed E-state index contributed by atoms with van der Waals surface area (Å²) < 4.78 is 36.4. The molecule has 1 amide bonds. The molecule has 1 heterocycles. The number of aryl methyl sites for hydroxylation is 1. The van der Waals surface area contributed by atoms with Crippen molar-refractivity contribution >= 4 is 16.7 Å². The molecular weight excluding hydrogens is 453 g/mol. The lowest BCUT2D eigenvalue weighted by atomic mass is 9.98. The highest BCUT2D eigenvalue weighted by atomic mass is 32.2. The van der Waals surface area contributed by atoms with Crippen molar-refractivity contribution in [2.24, 2.45) is 5.73 Å². The van der Waals surface area contributed by atoms with E-state index in [1.165, 1.54) is 17.7 Å². The third-order valence-electron chi connectivity index (χ3n) is 6.13. The lowest BCUT2D eigenvalue weighted by Crippen LogP contribution is -2.51. The van der Waals surface area contributed by atoms with Gasteiger partial charge in [0.05, 0.1) is 17.4 Å². The quantitative estimate of drug-likeness (QED) is 0.452. The molecule has 178 valence electrons. The number of carbonyl (C=O) groups is 1. The zero-order valence-electron chi connectivity index (χ0n) is 18.9. The maximum Gasteiger partial charge on any atom is 0.236 e. The van der Waals surface area contributed by atoms with Crippen LogP contribution in [0.2, 0.25) is 0 Å². The zero-order chi connectivity index (χ0) is 24.0. The molecule has 0 aromatic heterocycles. The van der Waals surface area contributed by atoms with Crippen LogP contribution in [0.15, 0.2) is 77.7 Å². The smallest absolute Gasteiger partial charge is 0.236 e. The SMILES string of the molecule is NC(=O)C1(S(=O)c2ccc(OCCCc3cccc(-c4ccc(F)cc4)c3)cc2)CCOCC1. The van der Waals surface area contributed by atoms with Crippen LogP contribution in [0.25, 0.3) is 11.1 Å². The molecule has 0 radical (unpaired) electrons. The second-order valence-corrected chi connectivity index (χ2v) is 10.2. The van der Waals surface area contributed by atoms with Gasteiger partial charge in [-0.05, 0) is 78.8 Å². The van der Waals surface area contributed by atoms with E-state index in [-0.39, 0.29) is 5.82 Å². The fourth-order valence-electron chi connectivity index (χ4n) is 4.12. The van der Waals surface area contributed by atoms with Crippen LogP contribution < -0.4 is 10.5 Å². The second kappa shape index (κ2) is 10.9. The Bertz CT molecular complexity index is 1140. The van der Waals surface area contributed by atoms with Gasteiger partial charge in [-0.1, -0.05) is 36.4 Å². The molecular formula is C27H28FNO4S. The van der Waals surface area contributed by atoms with Gasteiger partial charge >= 0.3 is 0 Å². The van der Waals surface area contributed by atoms with E-state index in [4.69, 9.17) is 15.2 Å². The molecule has 0 spiro atoms. The van der Waals surface area contributed by atoms with Crippen molar-refractivity contribution in [1.82, 2.24) is 0 Å². The summed E-state index contributed by atoms with van der Waals surface area (Å²) in [7, 11) is -1.55. The van der Waals surface area contributed by atoms with Gasteiger partial charge in [0.25, 0.3) is 0 Å². The molecule has 3 aromatic rings. The molecule has 1 fully saturated rings. The van der Waals surface area contributed by atoms with E-state index < -0.39 is 21.5 Å². The van der Waals surface area contributed by atoms with E-state index in [9.17, 15) is 13.4 Å². The number of hydrogen-bond donors (Lipinski definition) is 1. The van der Waals surface area contributed by atoms with Crippen molar-refractivity contribution in [3.8, 4) is 16.9 Å². The lowest BCUT2D eigenvalue weighted by Gasteiger charge is -2.33. The maximum atomic E-state index is 13.2. The average Bonchev–Trinajstić information content (AvgIpc) is 2.87. The Morgan fingerprint density at radius 1 is 1.00 bits per heavy atom. The lowest BCUT2D eigenvalue weighted by molar-refractivity contribution is -0.122. The first kappa shape index (κ1) is 24.1. The van der Waals surface area contributed by atoms with Gasteiger partial charge in [-0.25, -0.2) is 4.39 Å². The van der Waals surface area contributed by atoms with E-state index in [2.05, 4.69) is 12.1 Å². The van der Waals surface area contributed by atoms with Crippen molar-refractivity contribution in [3.05, 3.63) is 84.2 Å². The summed E-state index contributed by atoms with van der Waals surface area (Å²) >= 11 is 0. The third-order valence-corrected chi connectivity index (χ3v) is 8.14. The summed E-state index contributed by atoms with van der Waals surface area (Å²) in [5.74, 6) is -0.105. The highest BCUT2D eigenvalue weighted by Crippen LogP contribution is 2.32. The normalized spacial score (nSPS) is 16.0. The number of ether oxygens (including phenoxy) is 2. The Labute approximate surface area is 201 Å². The fourth-order valence-corrected chi connectivity index (χ4v) is 5.68. The third kappa shape index (κ3) is 5.54. The molecule has 34 heavy (non-hydrogen) atoms. The van der Waals surface area contributed by atoms with Crippen LogP contribution in [-0.2, 0) is 26.8 Å². The maximum absolute atomic E-state index is 13.2. The van der Waals surface area contributed by atoms with E-state index in [1.54, 1.807) is 36.4 Å². The van der Waals surface area contributed by atoms with E-state index in [0.717, 1.165) is 24.0 Å². The first-order chi connectivity index (χ1) is 16.5. The molecule has 4 rings (SSSR count). The van der Waals surface area contributed by atoms with Crippen LogP contribution in [0, 0.1) is 5.82 Å². The number of amides is 1. The number of benzene rings is 3. The van der Waals surface area contributed by atoms with Gasteiger partial charge in [-0.15, -0.1) is 0 Å². The van der Waals surface area contributed by atoms with Crippen molar-refractivity contribution in [3.63, 3.8) is 0 Å². The van der Waals surface area contributed by atoms with Crippen molar-refractivity contribution in [2.45, 2.75) is 35.3 Å². The molecule has 3 aromatic carbocycles. The van der Waals surface area contributed by atoms with Crippen LogP contribution in [-0.4, -0.2) is 34.7 Å². The van der Waals surface area contributed by atoms with Gasteiger partial charge in [-0.2, -0.15) is 0 Å². The van der Waals surface area contributed by atoms with Crippen molar-refractivity contribution in [2.75, 3.05) is 19.8 Å². The molecule has 2 N–H and O–H groups in total. The molecule has 0 saturated carbocycles. The second-order valence-electron chi connectivity index (χ2n) is 8.37. The molecule has 1 saturated heterocycles. The van der Waals surface area contributed by atoms with Gasteiger partial charge in [0.15, 0.2) is 0 Å². The summed E-state index contributed by atoms with van der Waals surface area (Å²) in [6.07, 6.45) is 2.39. The summed E-state index contributed by atoms with van der Waals surface area (Å²) in [4.78, 5) is 12.7. The van der Waals surface area contributed by atoms with E-state index in [0.29, 0.717) is 43.3 Å². The van der Waals surface area contributed by atoms with Gasteiger partial charge in [0.1, 0.15) is 16.3 Å². The van der Waals surface area contributed by atoms with E-state index in [1.807, 2.05) is 12.1 Å². The fraction of sp³-hybridized carbons (Fsp3) is 0.296. The van der Waals surface area contributed by atoms with Crippen LogP contribution in [0.4, 0.5) is 4.39 Å². The first-order valence-electron chi connectivity index (χ1n) is 11.4. The molecule has 5 nitrogen and oxygen atoms in total. The minimum absolute atomic E-state index is 0.243. The van der Waals surface area contributed by atoms with Gasteiger partial charge < -0.3 is 15.2 Å². The average molecular weight is 482 g/mol. The molecule has 1 atom stereocenters. The Morgan fingerprint density at radius 3 is 2.38 bits per heavy atom. The topological polar surface area (TPSA) is 78.6 Å². The molecule has 0 bridgehead atoms. The number of nitrogens with two attached hydrogens (primary N) is 1. The molecule has 1 aliphatic rings. The highest BCUT2D eigenvalue weighted by Gasteiger charge is 2.45. The van der Waals surface area contributed by atoms with Crippen molar-refractivity contribution < 1.29 is 22.9 Å². The Balaban J connectivity index is 1.30. The van der Waals surface area contributed by atoms with Crippen molar-refractivity contribution in [1.29, 1.82) is 0 Å². The zero-order valence-corrected chi connectivity index (χ0v) is 19.7. The first-order valence-corrected chi connectivity index (χ1v) is 12.5. The Morgan fingerprint density at radius 2 is 1.71 bits per heavy atom. The summed E-state index contributed by atoms with van der Waals surface area (Å²) in [6, 6.07) is 21.7.